The minimum atomic E-state index is -0.580. The lowest BCUT2D eigenvalue weighted by atomic mass is 9.94. The largest absolute Gasteiger partial charge is 0.486 e. The number of rotatable bonds is 10. The highest BCUT2D eigenvalue weighted by Gasteiger charge is 2.24. The summed E-state index contributed by atoms with van der Waals surface area (Å²) in [6.45, 7) is 5.53. The highest BCUT2D eigenvalue weighted by Crippen LogP contribution is 2.26. The highest BCUT2D eigenvalue weighted by atomic mass is 79.9. The van der Waals surface area contributed by atoms with Gasteiger partial charge >= 0.3 is 0 Å². The molecule has 1 amide bonds. The lowest BCUT2D eigenvalue weighted by molar-refractivity contribution is 0.0734. The van der Waals surface area contributed by atoms with Gasteiger partial charge in [0.1, 0.15) is 12.4 Å². The van der Waals surface area contributed by atoms with Crippen LogP contribution in [0.1, 0.15) is 67.3 Å². The maximum absolute atomic E-state index is 13.0. The zero-order valence-corrected chi connectivity index (χ0v) is 26.4. The molecule has 1 N–H and O–H groups in total. The number of fused-ring (bicyclic) bond motifs is 2. The normalized spacial score (nSPS) is 15.4. The Morgan fingerprint density at radius 2 is 1.68 bits per heavy atom. The Labute approximate surface area is 265 Å². The van der Waals surface area contributed by atoms with Gasteiger partial charge < -0.3 is 19.2 Å². The molecule has 0 aliphatic carbocycles. The van der Waals surface area contributed by atoms with Crippen LogP contribution < -0.4 is 4.74 Å². The van der Waals surface area contributed by atoms with Crippen LogP contribution in [0.3, 0.4) is 0 Å². The van der Waals surface area contributed by atoms with Crippen molar-refractivity contribution in [2.24, 2.45) is 0 Å². The third-order valence-electron chi connectivity index (χ3n) is 8.58. The molecule has 0 saturated heterocycles. The summed E-state index contributed by atoms with van der Waals surface area (Å²) in [4.78, 5) is 34.2. The van der Waals surface area contributed by atoms with E-state index in [1.54, 1.807) is 0 Å². The zero-order valence-electron chi connectivity index (χ0n) is 24.8. The van der Waals surface area contributed by atoms with Crippen LogP contribution in [0.15, 0.2) is 75.9 Å². The first-order valence-corrected chi connectivity index (χ1v) is 15.9. The number of hydrogen-bond donors (Lipinski definition) is 1. The summed E-state index contributed by atoms with van der Waals surface area (Å²) in [5, 5.41) is 10.8. The van der Waals surface area contributed by atoms with E-state index in [0.29, 0.717) is 56.6 Å². The van der Waals surface area contributed by atoms with Crippen LogP contribution in [0.25, 0.3) is 0 Å². The molecule has 1 aromatic heterocycles. The number of aliphatic hydroxyl groups excluding tert-OH is 1. The molecule has 9 heteroatoms. The van der Waals surface area contributed by atoms with E-state index >= 15 is 0 Å². The van der Waals surface area contributed by atoms with E-state index in [4.69, 9.17) is 9.15 Å². The number of aryl methyl sites for hydroxylation is 1. The topological polar surface area (TPSA) is 96.1 Å². The van der Waals surface area contributed by atoms with Crippen molar-refractivity contribution in [2.45, 2.75) is 58.4 Å². The molecule has 1 atom stereocenters. The van der Waals surface area contributed by atoms with Gasteiger partial charge in [-0.05, 0) is 90.9 Å². The number of halogens is 1. The van der Waals surface area contributed by atoms with Crippen molar-refractivity contribution in [3.05, 3.63) is 116 Å². The van der Waals surface area contributed by atoms with Crippen LogP contribution in [0.5, 0.6) is 5.75 Å². The van der Waals surface area contributed by atoms with Crippen molar-refractivity contribution in [1.82, 2.24) is 14.8 Å². The molecule has 0 bridgehead atoms. The molecule has 8 nitrogen and oxygen atoms in total. The number of carbonyl (C=O) groups is 2. The smallest absolute Gasteiger partial charge is 0.254 e. The van der Waals surface area contributed by atoms with Crippen LogP contribution in [0, 0.1) is 6.92 Å². The molecular formula is C35H36BrN3O5. The maximum atomic E-state index is 13.0. The van der Waals surface area contributed by atoms with Gasteiger partial charge in [0, 0.05) is 54.7 Å². The molecule has 0 unspecified atom stereocenters. The van der Waals surface area contributed by atoms with E-state index in [1.807, 2.05) is 60.4 Å². The number of amides is 1. The number of ketones is 1. The number of nitrogens with zero attached hydrogens (tertiary/aromatic N) is 3. The fourth-order valence-electron chi connectivity index (χ4n) is 5.95. The van der Waals surface area contributed by atoms with Crippen LogP contribution >= 0.6 is 15.9 Å². The number of ether oxygens (including phenoxy) is 1. The van der Waals surface area contributed by atoms with Crippen molar-refractivity contribution < 1.29 is 23.8 Å². The van der Waals surface area contributed by atoms with Crippen LogP contribution in [0.4, 0.5) is 0 Å². The maximum Gasteiger partial charge on any atom is 0.254 e. The molecular weight excluding hydrogens is 622 g/mol. The van der Waals surface area contributed by atoms with Crippen molar-refractivity contribution in [3.8, 4) is 5.75 Å². The van der Waals surface area contributed by atoms with Gasteiger partial charge in [0.15, 0.2) is 17.9 Å². The number of β-amino-alcohol motifs (C(OH)–C–C–N with tert-alkyl or cyclic N) is 1. The van der Waals surface area contributed by atoms with Crippen LogP contribution in [0.2, 0.25) is 0 Å². The Morgan fingerprint density at radius 3 is 2.48 bits per heavy atom. The van der Waals surface area contributed by atoms with E-state index in [0.717, 1.165) is 52.3 Å². The molecule has 4 aromatic rings. The van der Waals surface area contributed by atoms with Gasteiger partial charge in [0.25, 0.3) is 5.91 Å². The van der Waals surface area contributed by atoms with E-state index in [9.17, 15) is 14.7 Å². The quantitative estimate of drug-likeness (QED) is 0.212. The van der Waals surface area contributed by atoms with Gasteiger partial charge in [0.05, 0.1) is 11.8 Å². The second-order valence-corrected chi connectivity index (χ2v) is 12.6. The summed E-state index contributed by atoms with van der Waals surface area (Å²) in [6, 6.07) is 19.4. The molecule has 6 rings (SSSR count). The average molecular weight is 659 g/mol. The highest BCUT2D eigenvalue weighted by molar-refractivity contribution is 9.10. The summed E-state index contributed by atoms with van der Waals surface area (Å²) in [5.41, 5.74) is 6.86. The Morgan fingerprint density at radius 1 is 0.955 bits per heavy atom. The van der Waals surface area contributed by atoms with Gasteiger partial charge in [0.2, 0.25) is 0 Å². The predicted molar refractivity (Wildman–Crippen MR) is 170 cm³/mol. The average Bonchev–Trinajstić information content (AvgIpc) is 3.46. The van der Waals surface area contributed by atoms with E-state index < -0.39 is 6.10 Å². The second kappa shape index (κ2) is 13.5. The summed E-state index contributed by atoms with van der Waals surface area (Å²) in [6.07, 6.45) is 3.16. The first-order valence-electron chi connectivity index (χ1n) is 15.1. The van der Waals surface area contributed by atoms with E-state index in [1.165, 1.54) is 17.5 Å². The number of aliphatic hydroxyl groups is 1. The summed E-state index contributed by atoms with van der Waals surface area (Å²) in [7, 11) is 0. The zero-order chi connectivity index (χ0) is 30.6. The number of carbonyl (C=O) groups excluding carboxylic acids is 2. The molecule has 2 aliphatic rings. The lowest BCUT2D eigenvalue weighted by Crippen LogP contribution is -2.36. The van der Waals surface area contributed by atoms with E-state index in [-0.39, 0.29) is 11.7 Å². The minimum Gasteiger partial charge on any atom is -0.486 e. The number of oxazole rings is 1. The molecule has 0 spiro atoms. The first-order chi connectivity index (χ1) is 21.3. The van der Waals surface area contributed by atoms with Crippen molar-refractivity contribution in [1.29, 1.82) is 0 Å². The summed E-state index contributed by atoms with van der Waals surface area (Å²) >= 11 is 3.41. The van der Waals surface area contributed by atoms with E-state index in [2.05, 4.69) is 37.9 Å². The molecule has 44 heavy (non-hydrogen) atoms. The van der Waals surface area contributed by atoms with Crippen molar-refractivity contribution in [3.63, 3.8) is 0 Å². The van der Waals surface area contributed by atoms with Crippen molar-refractivity contribution >= 4 is 27.6 Å². The molecule has 2 aliphatic heterocycles. The van der Waals surface area contributed by atoms with Gasteiger partial charge in [-0.2, -0.15) is 0 Å². The Hall–Kier alpha value is -3.79. The number of Topliss-reactive ketones (excluding diaryl/α,β-unsaturated/α-hetero) is 1. The lowest BCUT2D eigenvalue weighted by Gasteiger charge is -2.30. The van der Waals surface area contributed by atoms with Crippen LogP contribution in [-0.2, 0) is 32.5 Å². The second-order valence-electron chi connectivity index (χ2n) is 11.6. The summed E-state index contributed by atoms with van der Waals surface area (Å²) < 4.78 is 12.2. The number of benzene rings is 3. The third kappa shape index (κ3) is 7.12. The van der Waals surface area contributed by atoms with Crippen molar-refractivity contribution in [2.75, 3.05) is 19.6 Å². The molecule has 0 radical (unpaired) electrons. The molecule has 3 heterocycles. The fraction of sp³-hybridized carbons (Fsp3) is 0.343. The Balaban J connectivity index is 0.966. The monoisotopic (exact) mass is 657 g/mol. The minimum absolute atomic E-state index is 0.0161. The number of hydrogen-bond acceptors (Lipinski definition) is 7. The fourth-order valence-corrected chi connectivity index (χ4v) is 6.22. The summed E-state index contributed by atoms with van der Waals surface area (Å²) in [5.74, 6) is 1.59. The first kappa shape index (κ1) is 30.2. The molecule has 228 valence electrons. The third-order valence-corrected chi connectivity index (χ3v) is 9.10. The molecule has 3 aromatic carbocycles. The SMILES string of the molecule is Cc1ncoc1COc1ccc2c(c1)CCN(C[C@@H](O)CCC(=O)c1ccc3c(c1)CCN(C(=O)c1ccc(Br)cc1)C3)C2. The van der Waals surface area contributed by atoms with Gasteiger partial charge in [-0.3, -0.25) is 14.5 Å². The standard InChI is InChI=1S/C35H36BrN3O5/c1-23-34(44-22-37-23)21-43-32-10-6-28-18-38(14-12-26(28)17-32)20-31(40)9-11-33(41)27-2-3-29-19-39(15-13-25(29)16-27)35(42)24-4-7-30(36)8-5-24/h2-8,10,16-17,22,31,40H,9,11-15,18-21H2,1H3/t31-/m0/s1. The Kier molecular flexibility index (Phi) is 9.25. The van der Waals surface area contributed by atoms with Gasteiger partial charge in [-0.25, -0.2) is 4.98 Å². The van der Waals surface area contributed by atoms with Gasteiger partial charge in [-0.15, -0.1) is 0 Å². The van der Waals surface area contributed by atoms with Crippen LogP contribution in [-0.4, -0.2) is 57.3 Å². The molecule has 0 fully saturated rings. The predicted octanol–water partition coefficient (Wildman–Crippen LogP) is 5.91. The number of aromatic nitrogens is 1. The molecule has 0 saturated carbocycles. The Bertz CT molecular complexity index is 1650. The van der Waals surface area contributed by atoms with Gasteiger partial charge in [-0.1, -0.05) is 34.1 Å².